The summed E-state index contributed by atoms with van der Waals surface area (Å²) in [7, 11) is 3.87. The summed E-state index contributed by atoms with van der Waals surface area (Å²) in [6.45, 7) is 4.43. The van der Waals surface area contributed by atoms with E-state index in [1.807, 2.05) is 30.8 Å². The number of piperidine rings is 1. The average Bonchev–Trinajstić information content (AvgIpc) is 3.12. The number of carbonyl (C=O) groups is 1. The van der Waals surface area contributed by atoms with Gasteiger partial charge >= 0.3 is 0 Å². The summed E-state index contributed by atoms with van der Waals surface area (Å²) in [4.78, 5) is 28.5. The van der Waals surface area contributed by atoms with Gasteiger partial charge in [-0.15, -0.1) is 0 Å². The van der Waals surface area contributed by atoms with Gasteiger partial charge in [0.15, 0.2) is 0 Å². The summed E-state index contributed by atoms with van der Waals surface area (Å²) in [6, 6.07) is 1.73. The largest absolute Gasteiger partial charge is 0.469 e. The van der Waals surface area contributed by atoms with E-state index in [4.69, 9.17) is 14.4 Å². The number of nitrogens with zero attached hydrogens (tertiary/aromatic N) is 5. The van der Waals surface area contributed by atoms with Crippen LogP contribution in [0.3, 0.4) is 0 Å². The van der Waals surface area contributed by atoms with Gasteiger partial charge in [0, 0.05) is 45.7 Å². The summed E-state index contributed by atoms with van der Waals surface area (Å²) < 4.78 is 5.31. The van der Waals surface area contributed by atoms with E-state index >= 15 is 0 Å². The van der Waals surface area contributed by atoms with Crippen LogP contribution in [0.25, 0.3) is 0 Å². The minimum atomic E-state index is -0.246. The molecule has 8 heteroatoms. The highest BCUT2D eigenvalue weighted by atomic mass is 16.3. The summed E-state index contributed by atoms with van der Waals surface area (Å²) in [6.07, 6.45) is 3.46. The van der Waals surface area contributed by atoms with E-state index in [2.05, 4.69) is 4.90 Å². The second-order valence-corrected chi connectivity index (χ2v) is 7.75. The molecule has 0 atom stereocenters. The topological polar surface area (TPSA) is 85.9 Å². The van der Waals surface area contributed by atoms with Gasteiger partial charge in [-0.3, -0.25) is 4.79 Å². The van der Waals surface area contributed by atoms with E-state index in [0.717, 1.165) is 43.0 Å². The molecule has 0 aromatic carbocycles. The van der Waals surface area contributed by atoms with E-state index in [0.29, 0.717) is 36.8 Å². The maximum atomic E-state index is 13.0. The van der Waals surface area contributed by atoms with Crippen molar-refractivity contribution in [2.24, 2.45) is 0 Å². The second kappa shape index (κ2) is 7.43. The number of furan rings is 1. The number of anilines is 2. The molecular weight excluding hydrogens is 358 g/mol. The smallest absolute Gasteiger partial charge is 0.257 e. The van der Waals surface area contributed by atoms with E-state index in [1.54, 1.807) is 12.3 Å². The molecule has 28 heavy (non-hydrogen) atoms. The standard InChI is InChI=1S/C20H27N5O3/c1-13-15(7-11-28-13)19(27)25-10-6-17-16(12-25)18(22-20(21-17)23(2)3)24-8-4-14(26)5-9-24/h7,11,14,26H,4-6,8-10,12H2,1-3H3. The third-order valence-electron chi connectivity index (χ3n) is 5.57. The second-order valence-electron chi connectivity index (χ2n) is 7.75. The quantitative estimate of drug-likeness (QED) is 0.859. The average molecular weight is 385 g/mol. The predicted molar refractivity (Wildman–Crippen MR) is 106 cm³/mol. The normalized spacial score (nSPS) is 17.6. The number of aliphatic hydroxyl groups excluding tert-OH is 1. The predicted octanol–water partition coefficient (Wildman–Crippen LogP) is 1.60. The molecule has 1 fully saturated rings. The first-order valence-electron chi connectivity index (χ1n) is 9.77. The van der Waals surface area contributed by atoms with Crippen LogP contribution < -0.4 is 9.80 Å². The Labute approximate surface area is 164 Å². The first kappa shape index (κ1) is 18.7. The Balaban J connectivity index is 1.67. The van der Waals surface area contributed by atoms with Gasteiger partial charge in [0.1, 0.15) is 11.6 Å². The third-order valence-corrected chi connectivity index (χ3v) is 5.57. The van der Waals surface area contributed by atoms with Crippen LogP contribution in [0.1, 0.15) is 40.2 Å². The number of fused-ring (bicyclic) bond motifs is 1. The third kappa shape index (κ3) is 3.44. The Kier molecular flexibility index (Phi) is 4.97. The number of carbonyl (C=O) groups excluding carboxylic acids is 1. The highest BCUT2D eigenvalue weighted by Gasteiger charge is 2.30. The number of aromatic nitrogens is 2. The molecule has 0 aliphatic carbocycles. The zero-order chi connectivity index (χ0) is 19.8. The van der Waals surface area contributed by atoms with Crippen molar-refractivity contribution in [3.8, 4) is 0 Å². The molecule has 4 heterocycles. The lowest BCUT2D eigenvalue weighted by molar-refractivity contribution is 0.0732. The molecule has 2 aliphatic rings. The number of aliphatic hydroxyl groups is 1. The van der Waals surface area contributed by atoms with Crippen molar-refractivity contribution in [2.45, 2.75) is 38.8 Å². The van der Waals surface area contributed by atoms with Gasteiger partial charge in [0.2, 0.25) is 5.95 Å². The van der Waals surface area contributed by atoms with Crippen LogP contribution in [-0.2, 0) is 13.0 Å². The van der Waals surface area contributed by atoms with Crippen molar-refractivity contribution in [3.05, 3.63) is 34.9 Å². The van der Waals surface area contributed by atoms with Crippen LogP contribution in [0.15, 0.2) is 16.7 Å². The number of hydrogen-bond donors (Lipinski definition) is 1. The summed E-state index contributed by atoms with van der Waals surface area (Å²) in [5.41, 5.74) is 2.63. The van der Waals surface area contributed by atoms with E-state index < -0.39 is 0 Å². The van der Waals surface area contributed by atoms with Crippen molar-refractivity contribution in [2.75, 3.05) is 43.5 Å². The Morgan fingerprint density at radius 1 is 1.25 bits per heavy atom. The molecule has 2 aromatic heterocycles. The molecule has 150 valence electrons. The zero-order valence-corrected chi connectivity index (χ0v) is 16.7. The van der Waals surface area contributed by atoms with E-state index in [-0.39, 0.29) is 12.0 Å². The van der Waals surface area contributed by atoms with Gasteiger partial charge < -0.3 is 24.2 Å². The molecule has 1 saturated heterocycles. The number of amides is 1. The van der Waals surface area contributed by atoms with Crippen molar-refractivity contribution < 1.29 is 14.3 Å². The van der Waals surface area contributed by atoms with Crippen molar-refractivity contribution in [1.29, 1.82) is 0 Å². The Morgan fingerprint density at radius 2 is 2.00 bits per heavy atom. The lowest BCUT2D eigenvalue weighted by Crippen LogP contribution is -2.41. The molecular formula is C20H27N5O3. The fourth-order valence-corrected chi connectivity index (χ4v) is 3.87. The fraction of sp³-hybridized carbons (Fsp3) is 0.550. The van der Waals surface area contributed by atoms with Gasteiger partial charge in [-0.05, 0) is 25.8 Å². The van der Waals surface area contributed by atoms with Gasteiger partial charge in [-0.2, -0.15) is 4.98 Å². The van der Waals surface area contributed by atoms with Crippen LogP contribution in [0.2, 0.25) is 0 Å². The highest BCUT2D eigenvalue weighted by Crippen LogP contribution is 2.31. The number of rotatable bonds is 3. The number of aryl methyl sites for hydroxylation is 1. The van der Waals surface area contributed by atoms with Gasteiger partial charge in [-0.1, -0.05) is 0 Å². The van der Waals surface area contributed by atoms with Crippen LogP contribution in [0, 0.1) is 6.92 Å². The van der Waals surface area contributed by atoms with Crippen molar-refractivity contribution >= 4 is 17.7 Å². The molecule has 0 unspecified atom stereocenters. The minimum absolute atomic E-state index is 0.0198. The molecule has 4 rings (SSSR count). The minimum Gasteiger partial charge on any atom is -0.469 e. The monoisotopic (exact) mass is 385 g/mol. The molecule has 0 spiro atoms. The van der Waals surface area contributed by atoms with Crippen LogP contribution in [0.4, 0.5) is 11.8 Å². The molecule has 0 radical (unpaired) electrons. The molecule has 8 nitrogen and oxygen atoms in total. The molecule has 1 amide bonds. The molecule has 2 aromatic rings. The number of hydrogen-bond acceptors (Lipinski definition) is 7. The van der Waals surface area contributed by atoms with E-state index in [9.17, 15) is 9.90 Å². The fourth-order valence-electron chi connectivity index (χ4n) is 3.87. The van der Waals surface area contributed by atoms with Crippen LogP contribution in [0.5, 0.6) is 0 Å². The zero-order valence-electron chi connectivity index (χ0n) is 16.7. The molecule has 0 bridgehead atoms. The Morgan fingerprint density at radius 3 is 2.64 bits per heavy atom. The van der Waals surface area contributed by atoms with Gasteiger partial charge in [0.25, 0.3) is 5.91 Å². The molecule has 0 saturated carbocycles. The van der Waals surface area contributed by atoms with Gasteiger partial charge in [-0.25, -0.2) is 4.98 Å². The maximum Gasteiger partial charge on any atom is 0.257 e. The van der Waals surface area contributed by atoms with Crippen molar-refractivity contribution in [3.63, 3.8) is 0 Å². The van der Waals surface area contributed by atoms with Crippen molar-refractivity contribution in [1.82, 2.24) is 14.9 Å². The summed E-state index contributed by atoms with van der Waals surface area (Å²) in [5, 5.41) is 9.87. The first-order chi connectivity index (χ1) is 13.4. The van der Waals surface area contributed by atoms with Gasteiger partial charge in [0.05, 0.1) is 30.2 Å². The maximum absolute atomic E-state index is 13.0. The summed E-state index contributed by atoms with van der Waals surface area (Å²) >= 11 is 0. The SMILES string of the molecule is Cc1occc1C(=O)N1CCc2nc(N(C)C)nc(N3CCC(O)CC3)c2C1. The summed E-state index contributed by atoms with van der Waals surface area (Å²) in [5.74, 6) is 2.20. The molecule has 1 N–H and O–H groups in total. The van der Waals surface area contributed by atoms with Crippen LogP contribution in [-0.4, -0.2) is 65.7 Å². The van der Waals surface area contributed by atoms with E-state index in [1.165, 1.54) is 0 Å². The lowest BCUT2D eigenvalue weighted by atomic mass is 10.0. The lowest BCUT2D eigenvalue weighted by Gasteiger charge is -2.36. The Hall–Kier alpha value is -2.61. The first-order valence-corrected chi connectivity index (χ1v) is 9.77. The van der Waals surface area contributed by atoms with Crippen LogP contribution >= 0.6 is 0 Å². The molecule has 2 aliphatic heterocycles. The highest BCUT2D eigenvalue weighted by molar-refractivity contribution is 5.95. The Bertz CT molecular complexity index is 871.